The van der Waals surface area contributed by atoms with Crippen molar-refractivity contribution in [3.8, 4) is 0 Å². The second-order valence-corrected chi connectivity index (χ2v) is 3.63. The van der Waals surface area contributed by atoms with E-state index in [0.717, 1.165) is 0 Å². The van der Waals surface area contributed by atoms with Gasteiger partial charge in [0.05, 0.1) is 0 Å². The molecule has 4 heteroatoms. The predicted molar refractivity (Wildman–Crippen MR) is 47.1 cm³/mol. The molecule has 0 aromatic heterocycles. The van der Waals surface area contributed by atoms with Gasteiger partial charge in [0.15, 0.2) is 5.83 Å². The Labute approximate surface area is 78.3 Å². The third-order valence-electron chi connectivity index (χ3n) is 1.29. The monoisotopic (exact) mass is 242 g/mol. The Morgan fingerprint density at radius 3 is 2.42 bits per heavy atom. The van der Waals surface area contributed by atoms with E-state index < -0.39 is 11.9 Å². The van der Waals surface area contributed by atoms with Crippen LogP contribution >= 0.6 is 15.9 Å². The molecule has 0 aliphatic rings. The smallest absolute Gasteiger partial charge is 0.206 e. The fraction of sp³-hybridized carbons (Fsp3) is 0.500. The number of alkyl halides is 1. The Kier molecular flexibility index (Phi) is 6.16. The molecular weight excluding hydrogens is 233 g/mol. The Hall–Kier alpha value is -0.250. The molecule has 0 amide bonds. The van der Waals surface area contributed by atoms with Crippen molar-refractivity contribution in [2.45, 2.75) is 24.1 Å². The molecule has 0 aromatic carbocycles. The SMILES string of the molecule is C=CCCC(Br)CC(F)=C(F)F. The third kappa shape index (κ3) is 5.41. The molecule has 0 N–H and O–H groups in total. The standard InChI is InChI=1S/C8H10BrF3/c1-2-3-4-6(9)5-7(10)8(11)12/h2,6H,1,3-5H2. The Morgan fingerprint density at radius 1 is 1.42 bits per heavy atom. The molecule has 0 rings (SSSR count). The minimum absolute atomic E-state index is 0.239. The summed E-state index contributed by atoms with van der Waals surface area (Å²) in [5.74, 6) is -1.33. The summed E-state index contributed by atoms with van der Waals surface area (Å²) in [6, 6.07) is 0. The molecule has 0 fully saturated rings. The van der Waals surface area contributed by atoms with Crippen molar-refractivity contribution in [3.05, 3.63) is 24.6 Å². The van der Waals surface area contributed by atoms with E-state index in [0.29, 0.717) is 12.8 Å². The largest absolute Gasteiger partial charge is 0.301 e. The van der Waals surface area contributed by atoms with Crippen molar-refractivity contribution in [1.29, 1.82) is 0 Å². The lowest BCUT2D eigenvalue weighted by atomic mass is 10.2. The van der Waals surface area contributed by atoms with E-state index in [2.05, 4.69) is 22.5 Å². The van der Waals surface area contributed by atoms with E-state index in [1.807, 2.05) is 0 Å². The summed E-state index contributed by atoms with van der Waals surface area (Å²) < 4.78 is 35.4. The summed E-state index contributed by atoms with van der Waals surface area (Å²) in [5.41, 5.74) is 0. The number of halogens is 4. The maximum atomic E-state index is 12.3. The molecule has 0 nitrogen and oxygen atoms in total. The van der Waals surface area contributed by atoms with Crippen LogP contribution in [0.15, 0.2) is 24.6 Å². The van der Waals surface area contributed by atoms with Gasteiger partial charge in [-0.2, -0.15) is 8.78 Å². The summed E-state index contributed by atoms with van der Waals surface area (Å²) in [5, 5.41) is 0. The van der Waals surface area contributed by atoms with Gasteiger partial charge in [0.25, 0.3) is 0 Å². The predicted octanol–water partition coefficient (Wildman–Crippen LogP) is 4.18. The van der Waals surface area contributed by atoms with Crippen LogP contribution in [0, 0.1) is 0 Å². The Bertz CT molecular complexity index is 173. The minimum atomic E-state index is -2.22. The molecule has 70 valence electrons. The highest BCUT2D eigenvalue weighted by atomic mass is 79.9. The first-order chi connectivity index (χ1) is 5.57. The molecule has 0 saturated heterocycles. The Morgan fingerprint density at radius 2 is 2.00 bits per heavy atom. The highest BCUT2D eigenvalue weighted by Gasteiger charge is 2.11. The zero-order valence-electron chi connectivity index (χ0n) is 6.49. The minimum Gasteiger partial charge on any atom is -0.206 e. The van der Waals surface area contributed by atoms with Crippen LogP contribution in [0.25, 0.3) is 0 Å². The van der Waals surface area contributed by atoms with Gasteiger partial charge >= 0.3 is 6.08 Å². The maximum Gasteiger partial charge on any atom is 0.301 e. The molecule has 0 heterocycles. The van der Waals surface area contributed by atoms with Crippen molar-refractivity contribution >= 4 is 15.9 Å². The quantitative estimate of drug-likeness (QED) is 0.501. The van der Waals surface area contributed by atoms with Gasteiger partial charge < -0.3 is 0 Å². The van der Waals surface area contributed by atoms with Crippen LogP contribution in [-0.2, 0) is 0 Å². The van der Waals surface area contributed by atoms with Gasteiger partial charge in [0, 0.05) is 11.2 Å². The highest BCUT2D eigenvalue weighted by molar-refractivity contribution is 9.09. The fourth-order valence-electron chi connectivity index (χ4n) is 0.672. The third-order valence-corrected chi connectivity index (χ3v) is 2.07. The molecule has 0 aliphatic heterocycles. The molecule has 0 radical (unpaired) electrons. The molecular formula is C8H10BrF3. The van der Waals surface area contributed by atoms with E-state index in [9.17, 15) is 13.2 Å². The molecule has 0 aliphatic carbocycles. The van der Waals surface area contributed by atoms with Crippen molar-refractivity contribution in [3.63, 3.8) is 0 Å². The van der Waals surface area contributed by atoms with Crippen LogP contribution in [0.5, 0.6) is 0 Å². The highest BCUT2D eigenvalue weighted by Crippen LogP contribution is 2.22. The van der Waals surface area contributed by atoms with Gasteiger partial charge in [-0.3, -0.25) is 0 Å². The lowest BCUT2D eigenvalue weighted by Crippen LogP contribution is -1.97. The van der Waals surface area contributed by atoms with Crippen LogP contribution < -0.4 is 0 Å². The first-order valence-electron chi connectivity index (χ1n) is 3.52. The summed E-state index contributed by atoms with van der Waals surface area (Å²) >= 11 is 3.09. The number of hydrogen-bond acceptors (Lipinski definition) is 0. The average molecular weight is 243 g/mol. The molecule has 0 aromatic rings. The lowest BCUT2D eigenvalue weighted by Gasteiger charge is -2.04. The zero-order valence-corrected chi connectivity index (χ0v) is 8.08. The summed E-state index contributed by atoms with van der Waals surface area (Å²) in [4.78, 5) is -0.239. The molecule has 1 atom stereocenters. The van der Waals surface area contributed by atoms with E-state index in [-0.39, 0.29) is 11.2 Å². The molecule has 12 heavy (non-hydrogen) atoms. The van der Waals surface area contributed by atoms with Crippen LogP contribution in [0.3, 0.4) is 0 Å². The molecule has 0 bridgehead atoms. The van der Waals surface area contributed by atoms with Crippen molar-refractivity contribution in [1.82, 2.24) is 0 Å². The second kappa shape index (κ2) is 6.29. The molecule has 1 unspecified atom stereocenters. The molecule has 0 saturated carbocycles. The van der Waals surface area contributed by atoms with Crippen LogP contribution in [0.4, 0.5) is 13.2 Å². The number of hydrogen-bond donors (Lipinski definition) is 0. The topological polar surface area (TPSA) is 0 Å². The van der Waals surface area contributed by atoms with E-state index in [1.165, 1.54) is 0 Å². The average Bonchev–Trinajstić information content (AvgIpc) is 2.00. The lowest BCUT2D eigenvalue weighted by molar-refractivity contribution is 0.369. The first-order valence-corrected chi connectivity index (χ1v) is 4.44. The van der Waals surface area contributed by atoms with Gasteiger partial charge in [-0.1, -0.05) is 22.0 Å². The summed E-state index contributed by atoms with van der Waals surface area (Å²) in [6.45, 7) is 3.47. The van der Waals surface area contributed by atoms with Gasteiger partial charge in [-0.05, 0) is 12.8 Å². The van der Waals surface area contributed by atoms with E-state index in [4.69, 9.17) is 0 Å². The van der Waals surface area contributed by atoms with Crippen LogP contribution in [-0.4, -0.2) is 4.83 Å². The normalized spacial score (nSPS) is 12.3. The maximum absolute atomic E-state index is 12.3. The van der Waals surface area contributed by atoms with Crippen molar-refractivity contribution in [2.24, 2.45) is 0 Å². The van der Waals surface area contributed by atoms with E-state index >= 15 is 0 Å². The van der Waals surface area contributed by atoms with E-state index in [1.54, 1.807) is 6.08 Å². The number of allylic oxidation sites excluding steroid dienone is 2. The van der Waals surface area contributed by atoms with Gasteiger partial charge in [0.2, 0.25) is 0 Å². The summed E-state index contributed by atoms with van der Waals surface area (Å²) in [7, 11) is 0. The number of rotatable bonds is 5. The summed E-state index contributed by atoms with van der Waals surface area (Å²) in [6.07, 6.45) is 0.497. The first kappa shape index (κ1) is 11.8. The van der Waals surface area contributed by atoms with Gasteiger partial charge in [0.1, 0.15) is 0 Å². The second-order valence-electron chi connectivity index (χ2n) is 2.33. The van der Waals surface area contributed by atoms with Gasteiger partial charge in [-0.25, -0.2) is 4.39 Å². The van der Waals surface area contributed by atoms with Crippen LogP contribution in [0.1, 0.15) is 19.3 Å². The fourth-order valence-corrected chi connectivity index (χ4v) is 1.22. The van der Waals surface area contributed by atoms with Crippen molar-refractivity contribution in [2.75, 3.05) is 0 Å². The van der Waals surface area contributed by atoms with Crippen LogP contribution in [0.2, 0.25) is 0 Å². The molecule has 0 spiro atoms. The Balaban J connectivity index is 3.76. The van der Waals surface area contributed by atoms with Crippen molar-refractivity contribution < 1.29 is 13.2 Å². The van der Waals surface area contributed by atoms with Gasteiger partial charge in [-0.15, -0.1) is 6.58 Å². The zero-order chi connectivity index (χ0) is 9.56.